The van der Waals surface area contributed by atoms with E-state index < -0.39 is 0 Å². The summed E-state index contributed by atoms with van der Waals surface area (Å²) in [6.45, 7) is 2.48. The zero-order valence-electron chi connectivity index (χ0n) is 16.6. The Morgan fingerprint density at radius 2 is 1.62 bits per heavy atom. The molecule has 1 aliphatic heterocycles. The number of ether oxygens (including phenoxy) is 4. The van der Waals surface area contributed by atoms with Gasteiger partial charge in [-0.1, -0.05) is 0 Å². The van der Waals surface area contributed by atoms with Gasteiger partial charge in [0.1, 0.15) is 17.2 Å². The summed E-state index contributed by atoms with van der Waals surface area (Å²) in [7, 11) is 4.64. The summed E-state index contributed by atoms with van der Waals surface area (Å²) in [5.74, 6) is 2.05. The van der Waals surface area contributed by atoms with Crippen molar-refractivity contribution in [1.29, 1.82) is 0 Å². The van der Waals surface area contributed by atoms with Crippen molar-refractivity contribution in [3.63, 3.8) is 0 Å². The number of nitrogens with zero attached hydrogens (tertiary/aromatic N) is 1. The van der Waals surface area contributed by atoms with E-state index in [0.29, 0.717) is 45.9 Å². The van der Waals surface area contributed by atoms with Gasteiger partial charge in [-0.25, -0.2) is 0 Å². The molecule has 8 heteroatoms. The first kappa shape index (κ1) is 20.5. The lowest BCUT2D eigenvalue weighted by atomic mass is 10.1. The molecule has 0 unspecified atom stereocenters. The first-order chi connectivity index (χ1) is 14.0. The molecule has 1 fully saturated rings. The minimum atomic E-state index is -0.268. The summed E-state index contributed by atoms with van der Waals surface area (Å²) in [6.07, 6.45) is 1.67. The number of hydrogen-bond donors (Lipinski definition) is 1. The molecule has 3 rings (SSSR count). The van der Waals surface area contributed by atoms with Crippen molar-refractivity contribution in [2.75, 3.05) is 32.8 Å². The number of methoxy groups -OCH3 is 3. The Morgan fingerprint density at radius 3 is 2.21 bits per heavy atom. The molecule has 0 aliphatic carbocycles. The highest BCUT2D eigenvalue weighted by molar-refractivity contribution is 7.80. The number of carbonyl (C=O) groups excluding carboxylic acids is 1. The topological polar surface area (TPSA) is 69.3 Å². The van der Waals surface area contributed by atoms with Crippen LogP contribution in [0.4, 0.5) is 5.69 Å². The summed E-state index contributed by atoms with van der Waals surface area (Å²) >= 11 is 5.37. The Balaban J connectivity index is 1.94. The summed E-state index contributed by atoms with van der Waals surface area (Å²) in [5.41, 5.74) is 1.63. The molecule has 2 aromatic carbocycles. The summed E-state index contributed by atoms with van der Waals surface area (Å²) in [4.78, 5) is 14.4. The van der Waals surface area contributed by atoms with Crippen molar-refractivity contribution in [3.05, 3.63) is 47.7 Å². The van der Waals surface area contributed by atoms with E-state index in [1.165, 1.54) is 4.90 Å². The highest BCUT2D eigenvalue weighted by Crippen LogP contribution is 2.36. The highest BCUT2D eigenvalue weighted by atomic mass is 32.1. The van der Waals surface area contributed by atoms with Crippen LogP contribution in [0.15, 0.2) is 42.1 Å². The van der Waals surface area contributed by atoms with Gasteiger partial charge in [0, 0.05) is 11.6 Å². The molecule has 1 N–H and O–H groups in total. The van der Waals surface area contributed by atoms with Crippen LogP contribution in [0.25, 0.3) is 6.08 Å². The lowest BCUT2D eigenvalue weighted by molar-refractivity contribution is -0.113. The minimum absolute atomic E-state index is 0.268. The standard InChI is InChI=1S/C21H22N2O5S/c1-5-28-15-8-6-14(7-9-15)23-20(24)16(22-21(23)29)10-13-11-18(26-3)19(27-4)12-17(13)25-2/h6-12H,5H2,1-4H3,(H,22,29)/b16-10+. The zero-order valence-corrected chi connectivity index (χ0v) is 17.5. The van der Waals surface area contributed by atoms with Crippen LogP contribution in [0.3, 0.4) is 0 Å². The van der Waals surface area contributed by atoms with Crippen LogP contribution in [-0.4, -0.2) is 39.0 Å². The molecule has 0 aromatic heterocycles. The van der Waals surface area contributed by atoms with Crippen molar-refractivity contribution in [1.82, 2.24) is 5.32 Å². The molecule has 0 atom stereocenters. The first-order valence-corrected chi connectivity index (χ1v) is 9.33. The van der Waals surface area contributed by atoms with Crippen molar-refractivity contribution in [2.24, 2.45) is 0 Å². The van der Waals surface area contributed by atoms with E-state index in [1.807, 2.05) is 6.92 Å². The van der Waals surface area contributed by atoms with Gasteiger partial charge in [-0.3, -0.25) is 9.69 Å². The third kappa shape index (κ3) is 4.12. The van der Waals surface area contributed by atoms with Crippen molar-refractivity contribution < 1.29 is 23.7 Å². The molecule has 0 bridgehead atoms. The SMILES string of the molecule is CCOc1ccc(N2C(=O)/C(=C\c3cc(OC)c(OC)cc3OC)NC2=S)cc1. The van der Waals surface area contributed by atoms with Gasteiger partial charge in [-0.2, -0.15) is 0 Å². The Kier molecular flexibility index (Phi) is 6.23. The van der Waals surface area contributed by atoms with Gasteiger partial charge in [0.05, 0.1) is 33.6 Å². The number of nitrogens with one attached hydrogen (secondary N) is 1. The van der Waals surface area contributed by atoms with Gasteiger partial charge in [0.15, 0.2) is 16.6 Å². The Bertz CT molecular complexity index is 956. The third-order valence-electron chi connectivity index (χ3n) is 4.32. The maximum Gasteiger partial charge on any atom is 0.281 e. The van der Waals surface area contributed by atoms with Crippen molar-refractivity contribution >= 4 is 35.0 Å². The van der Waals surface area contributed by atoms with Crippen LogP contribution in [0.5, 0.6) is 23.0 Å². The quantitative estimate of drug-likeness (QED) is 0.550. The normalized spacial score (nSPS) is 14.8. The molecule has 1 saturated heterocycles. The number of amides is 1. The summed E-state index contributed by atoms with van der Waals surface area (Å²) < 4.78 is 21.5. The number of benzene rings is 2. The second-order valence-corrected chi connectivity index (χ2v) is 6.39. The van der Waals surface area contributed by atoms with Gasteiger partial charge in [-0.05, 0) is 55.5 Å². The molecule has 1 heterocycles. The second-order valence-electron chi connectivity index (χ2n) is 6.00. The van der Waals surface area contributed by atoms with Gasteiger partial charge in [0.25, 0.3) is 5.91 Å². The van der Waals surface area contributed by atoms with Gasteiger partial charge in [-0.15, -0.1) is 0 Å². The molecule has 0 radical (unpaired) electrons. The second kappa shape index (κ2) is 8.83. The van der Waals surface area contributed by atoms with E-state index in [0.717, 1.165) is 5.75 Å². The lowest BCUT2D eigenvalue weighted by Gasteiger charge is -2.14. The van der Waals surface area contributed by atoms with Crippen molar-refractivity contribution in [3.8, 4) is 23.0 Å². The first-order valence-electron chi connectivity index (χ1n) is 8.92. The summed E-state index contributed by atoms with van der Waals surface area (Å²) in [5, 5.41) is 3.26. The Morgan fingerprint density at radius 1 is 1.00 bits per heavy atom. The van der Waals surface area contributed by atoms with Crippen LogP contribution in [-0.2, 0) is 4.79 Å². The van der Waals surface area contributed by atoms with E-state index >= 15 is 0 Å². The Hall–Kier alpha value is -3.26. The minimum Gasteiger partial charge on any atom is -0.496 e. The largest absolute Gasteiger partial charge is 0.496 e. The number of hydrogen-bond acceptors (Lipinski definition) is 6. The van der Waals surface area contributed by atoms with Crippen LogP contribution in [0.2, 0.25) is 0 Å². The highest BCUT2D eigenvalue weighted by Gasteiger charge is 2.32. The van der Waals surface area contributed by atoms with Gasteiger partial charge < -0.3 is 24.3 Å². The fourth-order valence-corrected chi connectivity index (χ4v) is 3.25. The molecule has 2 aromatic rings. The fourth-order valence-electron chi connectivity index (χ4n) is 2.95. The van der Waals surface area contributed by atoms with E-state index in [9.17, 15) is 4.79 Å². The lowest BCUT2D eigenvalue weighted by Crippen LogP contribution is -2.30. The maximum absolute atomic E-state index is 13.0. The molecule has 152 valence electrons. The van der Waals surface area contributed by atoms with Gasteiger partial charge >= 0.3 is 0 Å². The summed E-state index contributed by atoms with van der Waals surface area (Å²) in [6, 6.07) is 10.6. The molecule has 1 amide bonds. The monoisotopic (exact) mass is 414 g/mol. The molecule has 29 heavy (non-hydrogen) atoms. The average Bonchev–Trinajstić information content (AvgIpc) is 3.01. The van der Waals surface area contributed by atoms with E-state index in [4.69, 9.17) is 31.2 Å². The smallest absolute Gasteiger partial charge is 0.281 e. The fraction of sp³-hybridized carbons (Fsp3) is 0.238. The predicted molar refractivity (Wildman–Crippen MR) is 115 cm³/mol. The number of rotatable bonds is 7. The predicted octanol–water partition coefficient (Wildman–Crippen LogP) is 3.37. The van der Waals surface area contributed by atoms with Crippen LogP contribution < -0.4 is 29.2 Å². The molecular weight excluding hydrogens is 392 g/mol. The molecular formula is C21H22N2O5S. The zero-order chi connectivity index (χ0) is 21.0. The Labute approximate surface area is 174 Å². The van der Waals surface area contributed by atoms with Crippen LogP contribution >= 0.6 is 12.2 Å². The number of anilines is 1. The van der Waals surface area contributed by atoms with E-state index in [-0.39, 0.29) is 5.91 Å². The number of thiocarbonyl (C=S) groups is 1. The molecule has 7 nitrogen and oxygen atoms in total. The molecule has 1 aliphatic rings. The molecule has 0 saturated carbocycles. The number of carbonyl (C=O) groups is 1. The molecule has 0 spiro atoms. The maximum atomic E-state index is 13.0. The van der Waals surface area contributed by atoms with Crippen LogP contribution in [0.1, 0.15) is 12.5 Å². The third-order valence-corrected chi connectivity index (χ3v) is 4.60. The van der Waals surface area contributed by atoms with Crippen molar-refractivity contribution in [2.45, 2.75) is 6.92 Å². The van der Waals surface area contributed by atoms with Crippen LogP contribution in [0, 0.1) is 0 Å². The van der Waals surface area contributed by atoms with Gasteiger partial charge in [0.2, 0.25) is 0 Å². The average molecular weight is 414 g/mol. The van der Waals surface area contributed by atoms with E-state index in [2.05, 4.69) is 5.32 Å². The van der Waals surface area contributed by atoms with E-state index in [1.54, 1.807) is 63.8 Å².